The number of hydrogen-bond donors (Lipinski definition) is 0. The Labute approximate surface area is 158 Å². The number of methoxy groups -OCH3 is 1. The average molecular weight is 360 g/mol. The van der Waals surface area contributed by atoms with Gasteiger partial charge in [-0.2, -0.15) is 0 Å². The quantitative estimate of drug-likeness (QED) is 0.605. The van der Waals surface area contributed by atoms with Crippen molar-refractivity contribution in [2.24, 2.45) is 5.92 Å². The van der Waals surface area contributed by atoms with Gasteiger partial charge in [0.1, 0.15) is 5.60 Å². The van der Waals surface area contributed by atoms with E-state index in [1.54, 1.807) is 0 Å². The molecule has 0 aliphatic heterocycles. The van der Waals surface area contributed by atoms with Crippen LogP contribution >= 0.6 is 12.4 Å². The molecule has 0 bridgehead atoms. The molecule has 3 heteroatoms. The molecule has 0 saturated carbocycles. The van der Waals surface area contributed by atoms with E-state index in [2.05, 4.69) is 98.6 Å². The van der Waals surface area contributed by atoms with Gasteiger partial charge in [-0.3, -0.25) is 0 Å². The molecule has 0 aliphatic carbocycles. The highest BCUT2D eigenvalue weighted by Crippen LogP contribution is 2.40. The van der Waals surface area contributed by atoms with Crippen molar-refractivity contribution in [1.29, 1.82) is 0 Å². The van der Waals surface area contributed by atoms with Crippen molar-refractivity contribution < 1.29 is 4.74 Å². The normalized spacial score (nSPS) is 13.0. The van der Waals surface area contributed by atoms with E-state index >= 15 is 0 Å². The highest BCUT2D eigenvalue weighted by molar-refractivity contribution is 5.85. The van der Waals surface area contributed by atoms with Crippen LogP contribution in [0.4, 0.5) is 0 Å². The van der Waals surface area contributed by atoms with E-state index in [4.69, 9.17) is 4.74 Å². The van der Waals surface area contributed by atoms with E-state index in [-0.39, 0.29) is 12.4 Å². The van der Waals surface area contributed by atoms with Crippen molar-refractivity contribution >= 4 is 12.4 Å². The van der Waals surface area contributed by atoms with Crippen LogP contribution in [-0.4, -0.2) is 32.1 Å². The molecule has 2 rings (SSSR count). The Bertz CT molecular complexity index is 587. The van der Waals surface area contributed by atoms with E-state index in [1.165, 1.54) is 11.1 Å². The largest absolute Gasteiger partial charge is 0.368 e. The van der Waals surface area contributed by atoms with Crippen molar-refractivity contribution in [3.05, 3.63) is 83.9 Å². The number of ether oxygens (including phenoxy) is 1. The molecule has 0 spiro atoms. The maximum absolute atomic E-state index is 6.23. The minimum Gasteiger partial charge on any atom is -0.368 e. The van der Waals surface area contributed by atoms with Crippen LogP contribution in [0.2, 0.25) is 0 Å². The topological polar surface area (TPSA) is 12.5 Å². The molecule has 136 valence electrons. The van der Waals surface area contributed by atoms with Crippen molar-refractivity contribution in [3.63, 3.8) is 0 Å². The Hall–Kier alpha value is -1.61. The Morgan fingerprint density at radius 3 is 1.88 bits per heavy atom. The summed E-state index contributed by atoms with van der Waals surface area (Å²) in [5.41, 5.74) is 1.95. The van der Waals surface area contributed by atoms with E-state index in [9.17, 15) is 0 Å². The maximum atomic E-state index is 6.23. The summed E-state index contributed by atoms with van der Waals surface area (Å²) in [6, 6.07) is 21.1. The Morgan fingerprint density at radius 2 is 1.48 bits per heavy atom. The van der Waals surface area contributed by atoms with Crippen LogP contribution in [0.1, 0.15) is 25.0 Å². The molecule has 0 aliphatic rings. The van der Waals surface area contributed by atoms with Crippen LogP contribution in [0.25, 0.3) is 0 Å². The lowest BCUT2D eigenvalue weighted by Gasteiger charge is -2.40. The molecule has 2 aromatic carbocycles. The second-order valence-electron chi connectivity index (χ2n) is 6.36. The van der Waals surface area contributed by atoms with Gasteiger partial charge in [-0.1, -0.05) is 79.7 Å². The van der Waals surface area contributed by atoms with Gasteiger partial charge < -0.3 is 9.64 Å². The Balaban J connectivity index is 0.00000312. The fraction of sp³-hybridized carbons (Fsp3) is 0.364. The molecule has 2 aromatic rings. The van der Waals surface area contributed by atoms with Crippen molar-refractivity contribution in [1.82, 2.24) is 4.90 Å². The lowest BCUT2D eigenvalue weighted by atomic mass is 9.76. The number of halogens is 1. The molecular formula is C22H30ClNO. The SMILES string of the molecule is C/C=C/CN(C)CC(C)C(OC)(c1ccccc1)c1ccccc1.Cl. The fourth-order valence-corrected chi connectivity index (χ4v) is 3.50. The summed E-state index contributed by atoms with van der Waals surface area (Å²) in [4.78, 5) is 2.34. The van der Waals surface area contributed by atoms with Crippen LogP contribution in [0, 0.1) is 5.92 Å². The molecule has 0 aromatic heterocycles. The highest BCUT2D eigenvalue weighted by atomic mass is 35.5. The molecule has 0 heterocycles. The van der Waals surface area contributed by atoms with E-state index in [0.29, 0.717) is 5.92 Å². The molecular weight excluding hydrogens is 330 g/mol. The minimum atomic E-state index is -0.452. The standard InChI is InChI=1S/C22H29NO.ClH/c1-5-6-17-23(3)18-19(2)22(24-4,20-13-9-7-10-14-20)21-15-11-8-12-16-21;/h5-16,19H,17-18H2,1-4H3;1H/b6-5+;. The second-order valence-corrected chi connectivity index (χ2v) is 6.36. The number of likely N-dealkylation sites (N-methyl/N-ethyl adjacent to an activating group) is 1. The lowest BCUT2D eigenvalue weighted by molar-refractivity contribution is -0.0315. The van der Waals surface area contributed by atoms with E-state index in [0.717, 1.165) is 13.1 Å². The van der Waals surface area contributed by atoms with E-state index in [1.807, 2.05) is 7.11 Å². The summed E-state index contributed by atoms with van der Waals surface area (Å²) in [6.07, 6.45) is 4.28. The summed E-state index contributed by atoms with van der Waals surface area (Å²) in [6.45, 7) is 6.23. The van der Waals surface area contributed by atoms with Gasteiger partial charge in [-0.25, -0.2) is 0 Å². The summed E-state index contributed by atoms with van der Waals surface area (Å²) in [5, 5.41) is 0. The third-order valence-corrected chi connectivity index (χ3v) is 4.66. The molecule has 0 saturated heterocycles. The zero-order valence-corrected chi connectivity index (χ0v) is 16.5. The Kier molecular flexibility index (Phi) is 8.91. The molecule has 2 nitrogen and oxygen atoms in total. The van der Waals surface area contributed by atoms with Crippen molar-refractivity contribution in [2.45, 2.75) is 19.4 Å². The summed E-state index contributed by atoms with van der Waals surface area (Å²) >= 11 is 0. The lowest BCUT2D eigenvalue weighted by Crippen LogP contribution is -2.42. The average Bonchev–Trinajstić information content (AvgIpc) is 2.63. The Morgan fingerprint density at radius 1 is 1.00 bits per heavy atom. The first-order chi connectivity index (χ1) is 11.6. The minimum absolute atomic E-state index is 0. The predicted molar refractivity (Wildman–Crippen MR) is 109 cm³/mol. The summed E-state index contributed by atoms with van der Waals surface area (Å²) in [7, 11) is 3.98. The van der Waals surface area contributed by atoms with Crippen LogP contribution in [0.5, 0.6) is 0 Å². The first-order valence-corrected chi connectivity index (χ1v) is 8.61. The van der Waals surface area contributed by atoms with Crippen LogP contribution in [0.15, 0.2) is 72.8 Å². The number of rotatable bonds is 8. The molecule has 0 radical (unpaired) electrons. The maximum Gasteiger partial charge on any atom is 0.121 e. The molecule has 0 fully saturated rings. The van der Waals surface area contributed by atoms with Gasteiger partial charge in [0.25, 0.3) is 0 Å². The van der Waals surface area contributed by atoms with Crippen molar-refractivity contribution in [2.75, 3.05) is 27.2 Å². The zero-order chi connectivity index (χ0) is 17.4. The van der Waals surface area contributed by atoms with Crippen LogP contribution in [-0.2, 0) is 10.3 Å². The van der Waals surface area contributed by atoms with Gasteiger partial charge in [-0.05, 0) is 25.1 Å². The number of benzene rings is 2. The molecule has 1 atom stereocenters. The summed E-state index contributed by atoms with van der Waals surface area (Å²) in [5.74, 6) is 0.294. The third-order valence-electron chi connectivity index (χ3n) is 4.66. The molecule has 0 amide bonds. The monoisotopic (exact) mass is 359 g/mol. The smallest absolute Gasteiger partial charge is 0.121 e. The van der Waals surface area contributed by atoms with Crippen molar-refractivity contribution in [3.8, 4) is 0 Å². The zero-order valence-electron chi connectivity index (χ0n) is 15.7. The van der Waals surface area contributed by atoms with Gasteiger partial charge in [-0.15, -0.1) is 12.4 Å². The number of allylic oxidation sites excluding steroid dienone is 1. The van der Waals surface area contributed by atoms with Gasteiger partial charge in [0.05, 0.1) is 0 Å². The van der Waals surface area contributed by atoms with Gasteiger partial charge >= 0.3 is 0 Å². The number of hydrogen-bond acceptors (Lipinski definition) is 2. The second kappa shape index (κ2) is 10.4. The van der Waals surface area contributed by atoms with Crippen LogP contribution < -0.4 is 0 Å². The molecule has 1 unspecified atom stereocenters. The first kappa shape index (κ1) is 21.4. The van der Waals surface area contributed by atoms with E-state index < -0.39 is 5.60 Å². The fourth-order valence-electron chi connectivity index (χ4n) is 3.50. The van der Waals surface area contributed by atoms with Gasteiger partial charge in [0, 0.05) is 26.1 Å². The predicted octanol–water partition coefficient (Wildman–Crippen LogP) is 5.14. The van der Waals surface area contributed by atoms with Crippen LogP contribution in [0.3, 0.4) is 0 Å². The summed E-state index contributed by atoms with van der Waals surface area (Å²) < 4.78 is 6.23. The highest BCUT2D eigenvalue weighted by Gasteiger charge is 2.40. The molecule has 25 heavy (non-hydrogen) atoms. The third kappa shape index (κ3) is 4.94. The van der Waals surface area contributed by atoms with Gasteiger partial charge in [0.15, 0.2) is 0 Å². The number of nitrogens with zero attached hydrogens (tertiary/aromatic N) is 1. The molecule has 0 N–H and O–H groups in total. The first-order valence-electron chi connectivity index (χ1n) is 8.61. The van der Waals surface area contributed by atoms with Gasteiger partial charge in [0.2, 0.25) is 0 Å².